The first-order chi connectivity index (χ1) is 22.5. The standard InChI is InChI=1S/C33H35F2N7O4/c34-20-12-33(7-2-9-42(33)15-20)17-45-31-38-28-23-13-36-29(27(28)35)26-22-14-37-40-24(22)11-19-5-4-18(25(19)26)6-10-44-32(43)46-21-3-1-8-41(16-21)30(23)39-31/h11,13-14,18,20-21H,1-10,12,15-17H2,(H,37,40)/t18?,20-,21-,33+/m1/s1. The summed E-state index contributed by atoms with van der Waals surface area (Å²) < 4.78 is 49.2. The summed E-state index contributed by atoms with van der Waals surface area (Å²) in [6.45, 7) is 2.63. The number of benzene rings is 1. The first-order valence-corrected chi connectivity index (χ1v) is 16.4. The number of halogens is 2. The zero-order valence-corrected chi connectivity index (χ0v) is 25.4. The number of piperidine rings is 1. The number of anilines is 1. The van der Waals surface area contributed by atoms with E-state index in [2.05, 4.69) is 26.1 Å². The first-order valence-electron chi connectivity index (χ1n) is 16.4. The molecule has 0 radical (unpaired) electrons. The molecule has 3 fully saturated rings. The Morgan fingerprint density at radius 3 is 2.98 bits per heavy atom. The van der Waals surface area contributed by atoms with Crippen LogP contribution >= 0.6 is 0 Å². The van der Waals surface area contributed by atoms with Crippen LogP contribution in [0.5, 0.6) is 6.01 Å². The Bertz CT molecular complexity index is 1870. The van der Waals surface area contributed by atoms with Gasteiger partial charge in [-0.25, -0.2) is 13.6 Å². The second kappa shape index (κ2) is 10.7. The topological polar surface area (TPSA) is 119 Å². The van der Waals surface area contributed by atoms with Crippen LogP contribution in [0.3, 0.4) is 0 Å². The maximum atomic E-state index is 17.1. The van der Waals surface area contributed by atoms with Gasteiger partial charge in [0.1, 0.15) is 35.9 Å². The Kier molecular flexibility index (Phi) is 6.55. The van der Waals surface area contributed by atoms with E-state index in [0.29, 0.717) is 55.7 Å². The summed E-state index contributed by atoms with van der Waals surface area (Å²) >= 11 is 0. The Morgan fingerprint density at radius 1 is 1.11 bits per heavy atom. The van der Waals surface area contributed by atoms with Gasteiger partial charge in [0.2, 0.25) is 0 Å². The van der Waals surface area contributed by atoms with Crippen molar-refractivity contribution in [2.45, 2.75) is 75.1 Å². The molecule has 0 saturated carbocycles. The number of aryl methyl sites for hydroxylation is 1. The summed E-state index contributed by atoms with van der Waals surface area (Å²) in [6, 6.07) is 2.11. The molecular formula is C33H35F2N7O4. The lowest BCUT2D eigenvalue weighted by molar-refractivity contribution is 0.0177. The van der Waals surface area contributed by atoms with Gasteiger partial charge >= 0.3 is 12.2 Å². The van der Waals surface area contributed by atoms with Crippen LogP contribution in [0.15, 0.2) is 18.5 Å². The second-order valence-electron chi connectivity index (χ2n) is 13.5. The van der Waals surface area contributed by atoms with Crippen LogP contribution in [-0.4, -0.2) is 93.4 Å². The molecule has 46 heavy (non-hydrogen) atoms. The van der Waals surface area contributed by atoms with E-state index in [1.165, 1.54) is 0 Å². The Labute approximate surface area is 263 Å². The van der Waals surface area contributed by atoms with Crippen LogP contribution in [-0.2, 0) is 15.9 Å². The van der Waals surface area contributed by atoms with Gasteiger partial charge in [-0.15, -0.1) is 0 Å². The third kappa shape index (κ3) is 4.49. The highest BCUT2D eigenvalue weighted by atomic mass is 19.1. The van der Waals surface area contributed by atoms with E-state index in [-0.39, 0.29) is 36.4 Å². The fraction of sp³-hybridized carbons (Fsp3) is 0.545. The summed E-state index contributed by atoms with van der Waals surface area (Å²) in [4.78, 5) is 31.1. The van der Waals surface area contributed by atoms with Crippen molar-refractivity contribution in [1.29, 1.82) is 0 Å². The van der Waals surface area contributed by atoms with E-state index < -0.39 is 29.8 Å². The number of rotatable bonds is 3. The summed E-state index contributed by atoms with van der Waals surface area (Å²) in [7, 11) is 0. The lowest BCUT2D eigenvalue weighted by Crippen LogP contribution is -2.43. The number of pyridine rings is 1. The van der Waals surface area contributed by atoms with Crippen molar-refractivity contribution in [3.05, 3.63) is 35.4 Å². The molecule has 8 heterocycles. The van der Waals surface area contributed by atoms with E-state index in [1.807, 2.05) is 4.90 Å². The number of H-pyrrole nitrogens is 1. The molecule has 10 rings (SSSR count). The van der Waals surface area contributed by atoms with Gasteiger partial charge in [-0.05, 0) is 74.6 Å². The van der Waals surface area contributed by atoms with E-state index in [0.717, 1.165) is 60.7 Å². The first kappa shape index (κ1) is 28.1. The van der Waals surface area contributed by atoms with Crippen molar-refractivity contribution in [2.75, 3.05) is 44.3 Å². The lowest BCUT2D eigenvalue weighted by atomic mass is 9.89. The van der Waals surface area contributed by atoms with Crippen molar-refractivity contribution >= 4 is 33.8 Å². The maximum absolute atomic E-state index is 17.1. The van der Waals surface area contributed by atoms with Crippen molar-refractivity contribution < 1.29 is 27.8 Å². The number of ether oxygens (including phenoxy) is 3. The molecule has 1 unspecified atom stereocenters. The van der Waals surface area contributed by atoms with Gasteiger partial charge in [-0.2, -0.15) is 15.1 Å². The van der Waals surface area contributed by atoms with Gasteiger partial charge in [0, 0.05) is 36.7 Å². The molecule has 3 aromatic heterocycles. The summed E-state index contributed by atoms with van der Waals surface area (Å²) in [5.41, 5.74) is 3.47. The molecular weight excluding hydrogens is 596 g/mol. The SMILES string of the molecule is O=C1OCCC2CCc3cc4[nH]ncc4c(c32)-c2ncc3c(nc(OC[C@@]45CCCN4C[C@H](F)C5)nc3c2F)N2CCC[C@H](C2)O1. The second-order valence-corrected chi connectivity index (χ2v) is 13.5. The Balaban J connectivity index is 1.22. The minimum atomic E-state index is -0.900. The highest BCUT2D eigenvalue weighted by Gasteiger charge is 2.49. The summed E-state index contributed by atoms with van der Waals surface area (Å²) in [5.74, 6) is -0.0561. The molecule has 0 spiro atoms. The molecule has 11 nitrogen and oxygen atoms in total. The van der Waals surface area contributed by atoms with Crippen molar-refractivity contribution in [3.8, 4) is 17.3 Å². The summed E-state index contributed by atoms with van der Waals surface area (Å²) in [5, 5.41) is 8.54. The van der Waals surface area contributed by atoms with Crippen molar-refractivity contribution in [2.24, 2.45) is 0 Å². The summed E-state index contributed by atoms with van der Waals surface area (Å²) in [6.07, 6.45) is 7.21. The highest BCUT2D eigenvalue weighted by Crippen LogP contribution is 2.47. The molecule has 1 aliphatic carbocycles. The fourth-order valence-electron chi connectivity index (χ4n) is 8.68. The number of hydrogen-bond donors (Lipinski definition) is 1. The smallest absolute Gasteiger partial charge is 0.461 e. The predicted molar refractivity (Wildman–Crippen MR) is 164 cm³/mol. The molecule has 1 aromatic carbocycles. The van der Waals surface area contributed by atoms with Crippen LogP contribution in [0.25, 0.3) is 33.1 Å². The molecule has 240 valence electrons. The Morgan fingerprint density at radius 2 is 2.04 bits per heavy atom. The number of alkyl halides is 1. The third-order valence-corrected chi connectivity index (χ3v) is 10.8. The van der Waals surface area contributed by atoms with Crippen LogP contribution in [0.1, 0.15) is 62.0 Å². The van der Waals surface area contributed by atoms with Gasteiger partial charge in [0.15, 0.2) is 5.82 Å². The molecule has 6 bridgehead atoms. The van der Waals surface area contributed by atoms with Crippen LogP contribution in [0.2, 0.25) is 0 Å². The fourth-order valence-corrected chi connectivity index (χ4v) is 8.68. The average Bonchev–Trinajstić information content (AvgIpc) is 3.83. The minimum Gasteiger partial charge on any atom is -0.461 e. The molecule has 6 aliphatic rings. The Hall–Kier alpha value is -4.13. The number of hydrogen-bond acceptors (Lipinski definition) is 10. The van der Waals surface area contributed by atoms with E-state index in [9.17, 15) is 9.18 Å². The van der Waals surface area contributed by atoms with E-state index in [1.54, 1.807) is 12.4 Å². The van der Waals surface area contributed by atoms with Gasteiger partial charge < -0.3 is 19.1 Å². The number of aromatic nitrogens is 5. The highest BCUT2D eigenvalue weighted by molar-refractivity contribution is 6.00. The van der Waals surface area contributed by atoms with Crippen LogP contribution in [0, 0.1) is 5.82 Å². The van der Waals surface area contributed by atoms with Gasteiger partial charge in [0.05, 0.1) is 35.8 Å². The molecule has 4 aromatic rings. The minimum absolute atomic E-state index is 0.0336. The predicted octanol–water partition coefficient (Wildman–Crippen LogP) is 5.22. The number of nitrogens with one attached hydrogen (secondary N) is 1. The van der Waals surface area contributed by atoms with Gasteiger partial charge in [-0.3, -0.25) is 15.0 Å². The normalized spacial score (nSPS) is 27.7. The van der Waals surface area contributed by atoms with Gasteiger partial charge in [-0.1, -0.05) is 0 Å². The number of carbonyl (C=O) groups is 1. The van der Waals surface area contributed by atoms with Crippen molar-refractivity contribution in [1.82, 2.24) is 30.0 Å². The molecule has 3 saturated heterocycles. The van der Waals surface area contributed by atoms with Crippen molar-refractivity contribution in [3.63, 3.8) is 0 Å². The average molecular weight is 632 g/mol. The zero-order valence-electron chi connectivity index (χ0n) is 25.4. The van der Waals surface area contributed by atoms with Crippen LogP contribution in [0.4, 0.5) is 19.4 Å². The molecule has 1 N–H and O–H groups in total. The molecule has 0 amide bonds. The quantitative estimate of drug-likeness (QED) is 0.302. The largest absolute Gasteiger partial charge is 0.508 e. The van der Waals surface area contributed by atoms with Gasteiger partial charge in [0.25, 0.3) is 0 Å². The maximum Gasteiger partial charge on any atom is 0.508 e. The number of aromatic amines is 1. The number of nitrogens with zero attached hydrogens (tertiary/aromatic N) is 6. The third-order valence-electron chi connectivity index (χ3n) is 10.8. The molecule has 4 atom stereocenters. The molecule has 5 aliphatic heterocycles. The number of carbonyl (C=O) groups excluding carboxylic acids is 1. The van der Waals surface area contributed by atoms with E-state index in [4.69, 9.17) is 24.2 Å². The van der Waals surface area contributed by atoms with E-state index >= 15 is 4.39 Å². The van der Waals surface area contributed by atoms with Crippen LogP contribution < -0.4 is 9.64 Å². The molecule has 13 heteroatoms. The number of fused-ring (bicyclic) bond motifs is 7. The monoisotopic (exact) mass is 631 g/mol. The zero-order chi connectivity index (χ0) is 31.0. The lowest BCUT2D eigenvalue weighted by Gasteiger charge is -2.34.